The van der Waals surface area contributed by atoms with Gasteiger partial charge in [0.2, 0.25) is 17.4 Å². The van der Waals surface area contributed by atoms with E-state index in [0.717, 1.165) is 12.8 Å². The van der Waals surface area contributed by atoms with Gasteiger partial charge in [-0.3, -0.25) is 9.59 Å². The van der Waals surface area contributed by atoms with E-state index in [1.807, 2.05) is 0 Å². The number of nitrogens with one attached hydrogen (secondary N) is 2. The van der Waals surface area contributed by atoms with Crippen molar-refractivity contribution in [3.8, 4) is 11.3 Å². The molecule has 1 saturated heterocycles. The predicted octanol–water partition coefficient (Wildman–Crippen LogP) is 2.34. The van der Waals surface area contributed by atoms with Crippen molar-refractivity contribution in [3.63, 3.8) is 0 Å². The van der Waals surface area contributed by atoms with E-state index in [4.69, 9.17) is 11.6 Å². The number of hydrogen-bond donors (Lipinski definition) is 2. The lowest BCUT2D eigenvalue weighted by Crippen LogP contribution is -2.57. The van der Waals surface area contributed by atoms with Crippen LogP contribution in [0.1, 0.15) is 29.9 Å². The number of aromatic amines is 1. The number of hydrogen-bond acceptors (Lipinski definition) is 7. The van der Waals surface area contributed by atoms with E-state index in [-0.39, 0.29) is 42.3 Å². The second kappa shape index (κ2) is 11.3. The molecule has 1 aromatic carbocycles. The third kappa shape index (κ3) is 5.67. The fourth-order valence-corrected chi connectivity index (χ4v) is 6.78. The first kappa shape index (κ1) is 28.1. The zero-order chi connectivity index (χ0) is 29.4. The van der Waals surface area contributed by atoms with E-state index in [1.54, 1.807) is 47.4 Å². The first-order valence-electron chi connectivity index (χ1n) is 13.6. The third-order valence-corrected chi connectivity index (χ3v) is 9.59. The molecule has 2 aliphatic rings. The number of nitrogens with zero attached hydrogens (tertiary/aromatic N) is 5. The van der Waals surface area contributed by atoms with Gasteiger partial charge in [-0.1, -0.05) is 11.6 Å². The van der Waals surface area contributed by atoms with Gasteiger partial charge < -0.3 is 20.4 Å². The number of carbonyl (C=O) groups is 2. The van der Waals surface area contributed by atoms with Crippen molar-refractivity contribution in [2.45, 2.75) is 30.3 Å². The van der Waals surface area contributed by atoms with Crippen LogP contribution in [0.3, 0.4) is 0 Å². The van der Waals surface area contributed by atoms with Crippen molar-refractivity contribution in [2.24, 2.45) is 5.92 Å². The van der Waals surface area contributed by atoms with Gasteiger partial charge in [-0.25, -0.2) is 18.4 Å². The molecule has 4 heterocycles. The SMILES string of the molecule is O=C(NCCC1CN(S(=O)(=O)c2cc3cc(Cl)ccc3[nH]2)CCN1C(=O)c1ncc(-c2cccc[n+]2[O-])cn1)C1CC1. The normalized spacial score (nSPS) is 17.8. The van der Waals surface area contributed by atoms with Gasteiger partial charge in [0.1, 0.15) is 5.03 Å². The van der Waals surface area contributed by atoms with Crippen LogP contribution in [0.4, 0.5) is 0 Å². The molecule has 1 aliphatic carbocycles. The number of halogens is 1. The Kier molecular flexibility index (Phi) is 7.56. The number of rotatable bonds is 8. The molecule has 42 heavy (non-hydrogen) atoms. The van der Waals surface area contributed by atoms with Crippen molar-refractivity contribution in [2.75, 3.05) is 26.2 Å². The first-order valence-corrected chi connectivity index (χ1v) is 15.4. The Morgan fingerprint density at radius 2 is 1.90 bits per heavy atom. The fourth-order valence-electron chi connectivity index (χ4n) is 5.12. The molecule has 1 atom stereocenters. The van der Waals surface area contributed by atoms with Crippen LogP contribution in [0, 0.1) is 11.1 Å². The lowest BCUT2D eigenvalue weighted by molar-refractivity contribution is -0.593. The number of fused-ring (bicyclic) bond motifs is 1. The number of carbonyl (C=O) groups excluding carboxylic acids is 2. The van der Waals surface area contributed by atoms with Gasteiger partial charge in [0.05, 0.1) is 5.56 Å². The van der Waals surface area contributed by atoms with Gasteiger partial charge in [-0.15, -0.1) is 0 Å². The van der Waals surface area contributed by atoms with Crippen LogP contribution in [0.5, 0.6) is 0 Å². The average molecular weight is 610 g/mol. The lowest BCUT2D eigenvalue weighted by Gasteiger charge is -2.40. The van der Waals surface area contributed by atoms with E-state index >= 15 is 0 Å². The van der Waals surface area contributed by atoms with Gasteiger partial charge in [-0.2, -0.15) is 9.04 Å². The standard InChI is InChI=1S/C28H28ClN7O5S/c29-21-6-7-23-19(13-21)14-25(33-23)42(40,41)34-11-12-35(22(17-34)8-9-30-27(37)18-4-5-18)28(38)26-31-15-20(16-32-26)24-3-1-2-10-36(24)39/h1-3,6-7,10,13-16,18,22,33H,4-5,8-9,11-12,17H2,(H,30,37). The van der Waals surface area contributed by atoms with Crippen molar-refractivity contribution in [1.29, 1.82) is 0 Å². The topological polar surface area (TPSA) is 155 Å². The summed E-state index contributed by atoms with van der Waals surface area (Å²) in [7, 11) is -3.92. The molecule has 6 rings (SSSR count). The highest BCUT2D eigenvalue weighted by Gasteiger charge is 2.38. The van der Waals surface area contributed by atoms with E-state index in [1.165, 1.54) is 22.9 Å². The molecule has 2 N–H and O–H groups in total. The maximum atomic E-state index is 13.6. The molecule has 3 aromatic heterocycles. The Hall–Kier alpha value is -4.07. The Morgan fingerprint density at radius 1 is 1.12 bits per heavy atom. The Balaban J connectivity index is 1.22. The summed E-state index contributed by atoms with van der Waals surface area (Å²) >= 11 is 6.08. The summed E-state index contributed by atoms with van der Waals surface area (Å²) in [5, 5.41) is 16.2. The second-order valence-electron chi connectivity index (χ2n) is 10.4. The van der Waals surface area contributed by atoms with Gasteiger partial charge >= 0.3 is 0 Å². The summed E-state index contributed by atoms with van der Waals surface area (Å²) in [4.78, 5) is 38.8. The zero-order valence-corrected chi connectivity index (χ0v) is 24.0. The summed E-state index contributed by atoms with van der Waals surface area (Å²) in [6.07, 6.45) is 6.26. The average Bonchev–Trinajstić information content (AvgIpc) is 3.76. The minimum absolute atomic E-state index is 0.0275. The molecule has 1 aliphatic heterocycles. The molecule has 218 valence electrons. The highest BCUT2D eigenvalue weighted by atomic mass is 35.5. The lowest BCUT2D eigenvalue weighted by atomic mass is 10.1. The highest BCUT2D eigenvalue weighted by molar-refractivity contribution is 7.89. The smallest absolute Gasteiger partial charge is 0.291 e. The van der Waals surface area contributed by atoms with Gasteiger partial charge in [0, 0.05) is 78.6 Å². The number of pyridine rings is 1. The Bertz CT molecular complexity index is 1760. The number of piperazine rings is 1. The zero-order valence-electron chi connectivity index (χ0n) is 22.4. The largest absolute Gasteiger partial charge is 0.618 e. The molecule has 12 nitrogen and oxygen atoms in total. The van der Waals surface area contributed by atoms with Crippen LogP contribution >= 0.6 is 11.6 Å². The van der Waals surface area contributed by atoms with E-state index < -0.39 is 22.0 Å². The van der Waals surface area contributed by atoms with E-state index in [9.17, 15) is 23.2 Å². The Morgan fingerprint density at radius 3 is 2.64 bits per heavy atom. The quantitative estimate of drug-likeness (QED) is 0.229. The fraction of sp³-hybridized carbons (Fsp3) is 0.321. The van der Waals surface area contributed by atoms with Crippen LogP contribution in [0.15, 0.2) is 66.1 Å². The van der Waals surface area contributed by atoms with E-state index in [0.29, 0.717) is 44.9 Å². The second-order valence-corrected chi connectivity index (χ2v) is 12.8. The van der Waals surface area contributed by atoms with Crippen molar-refractivity contribution in [1.82, 2.24) is 29.5 Å². The molecule has 1 unspecified atom stereocenters. The van der Waals surface area contributed by atoms with Crippen molar-refractivity contribution < 1.29 is 22.7 Å². The maximum Gasteiger partial charge on any atom is 0.291 e. The molecule has 0 radical (unpaired) electrons. The predicted molar refractivity (Wildman–Crippen MR) is 154 cm³/mol. The summed E-state index contributed by atoms with van der Waals surface area (Å²) in [6, 6.07) is 11.0. The van der Waals surface area contributed by atoms with E-state index in [2.05, 4.69) is 20.3 Å². The summed E-state index contributed by atoms with van der Waals surface area (Å²) in [5.74, 6) is -0.519. The molecule has 2 fully saturated rings. The van der Waals surface area contributed by atoms with Crippen LogP contribution in [-0.2, 0) is 14.8 Å². The van der Waals surface area contributed by atoms with Crippen molar-refractivity contribution in [3.05, 3.63) is 77.1 Å². The number of sulfonamides is 1. The minimum Gasteiger partial charge on any atom is -0.618 e. The number of benzene rings is 1. The van der Waals surface area contributed by atoms with Crippen LogP contribution < -0.4 is 10.0 Å². The monoisotopic (exact) mass is 609 g/mol. The van der Waals surface area contributed by atoms with Crippen LogP contribution in [0.2, 0.25) is 5.02 Å². The molecule has 1 saturated carbocycles. The molecule has 0 spiro atoms. The van der Waals surface area contributed by atoms with Crippen LogP contribution in [-0.4, -0.2) is 76.6 Å². The molecule has 4 aromatic rings. The molecule has 2 amide bonds. The molecule has 0 bridgehead atoms. The number of aromatic nitrogens is 4. The van der Waals surface area contributed by atoms with Gasteiger partial charge in [-0.05, 0) is 49.6 Å². The maximum absolute atomic E-state index is 13.6. The first-order chi connectivity index (χ1) is 20.2. The summed E-state index contributed by atoms with van der Waals surface area (Å²) in [6.45, 7) is 0.491. The minimum atomic E-state index is -3.92. The molecular weight excluding hydrogens is 582 g/mol. The third-order valence-electron chi connectivity index (χ3n) is 7.57. The summed E-state index contributed by atoms with van der Waals surface area (Å²) < 4.78 is 29.3. The summed E-state index contributed by atoms with van der Waals surface area (Å²) in [5.41, 5.74) is 1.44. The number of H-pyrrole nitrogens is 1. The Labute approximate surface area is 247 Å². The molecule has 14 heteroatoms. The van der Waals surface area contributed by atoms with Gasteiger partial charge in [0.25, 0.3) is 15.9 Å². The highest BCUT2D eigenvalue weighted by Crippen LogP contribution is 2.29. The molecular formula is C28H28ClN7O5S. The van der Waals surface area contributed by atoms with Crippen molar-refractivity contribution >= 4 is 44.3 Å². The number of amides is 2. The van der Waals surface area contributed by atoms with Gasteiger partial charge in [0.15, 0.2) is 6.20 Å². The van der Waals surface area contributed by atoms with Crippen LogP contribution in [0.25, 0.3) is 22.2 Å².